The molecule has 0 fully saturated rings. The van der Waals surface area contributed by atoms with Gasteiger partial charge in [-0.3, -0.25) is 0 Å². The van der Waals surface area contributed by atoms with E-state index in [-0.39, 0.29) is 0 Å². The molecular formula is C14H20S2. The van der Waals surface area contributed by atoms with Crippen molar-refractivity contribution >= 4 is 23.5 Å². The monoisotopic (exact) mass is 252 g/mol. The van der Waals surface area contributed by atoms with Crippen LogP contribution in [0.1, 0.15) is 25.8 Å². The van der Waals surface area contributed by atoms with Crippen molar-refractivity contribution in [2.24, 2.45) is 5.92 Å². The Morgan fingerprint density at radius 3 is 2.94 bits per heavy atom. The molecule has 16 heavy (non-hydrogen) atoms. The highest BCUT2D eigenvalue weighted by Crippen LogP contribution is 2.38. The zero-order valence-electron chi connectivity index (χ0n) is 10.1. The van der Waals surface area contributed by atoms with Gasteiger partial charge >= 0.3 is 0 Å². The summed E-state index contributed by atoms with van der Waals surface area (Å²) in [6.07, 6.45) is 2.63. The van der Waals surface area contributed by atoms with Crippen LogP contribution in [0.4, 0.5) is 0 Å². The Bertz CT molecular complexity index is 308. The first-order valence-corrected chi connectivity index (χ1v) is 8.11. The van der Waals surface area contributed by atoms with E-state index in [4.69, 9.17) is 0 Å². The standard InChI is InChI=1S/C14H20S2/c1-11(2)7-8-15-10-13-9-12-5-3-4-6-14(12)16-13/h3-6,11,13H,7-10H2,1-2H3. The van der Waals surface area contributed by atoms with Crippen molar-refractivity contribution in [1.82, 2.24) is 0 Å². The third kappa shape index (κ3) is 3.46. The number of hydrogen-bond donors (Lipinski definition) is 0. The van der Waals surface area contributed by atoms with Crippen LogP contribution in [0.2, 0.25) is 0 Å². The van der Waals surface area contributed by atoms with Gasteiger partial charge in [0.15, 0.2) is 0 Å². The fourth-order valence-corrected chi connectivity index (χ4v) is 4.71. The molecule has 0 aliphatic carbocycles. The molecule has 1 aromatic carbocycles. The number of thioether (sulfide) groups is 2. The first-order chi connectivity index (χ1) is 7.75. The van der Waals surface area contributed by atoms with Gasteiger partial charge in [-0.1, -0.05) is 32.0 Å². The van der Waals surface area contributed by atoms with Crippen LogP contribution in [0, 0.1) is 5.92 Å². The van der Waals surface area contributed by atoms with E-state index in [0.717, 1.165) is 11.2 Å². The normalized spacial score (nSPS) is 19.1. The minimum Gasteiger partial charge on any atom is -0.161 e. The predicted octanol–water partition coefficient (Wildman–Crippen LogP) is 4.48. The quantitative estimate of drug-likeness (QED) is 0.709. The van der Waals surface area contributed by atoms with Crippen molar-refractivity contribution in [3.05, 3.63) is 29.8 Å². The zero-order chi connectivity index (χ0) is 11.4. The Balaban J connectivity index is 1.71. The maximum atomic E-state index is 2.31. The molecule has 88 valence electrons. The van der Waals surface area contributed by atoms with E-state index in [1.807, 2.05) is 0 Å². The van der Waals surface area contributed by atoms with Crippen LogP contribution in [0.15, 0.2) is 29.2 Å². The number of fused-ring (bicyclic) bond motifs is 1. The molecule has 2 heteroatoms. The molecular weight excluding hydrogens is 232 g/mol. The third-order valence-corrected chi connectivity index (χ3v) is 5.55. The van der Waals surface area contributed by atoms with Gasteiger partial charge in [-0.15, -0.1) is 11.8 Å². The van der Waals surface area contributed by atoms with E-state index in [1.54, 1.807) is 5.56 Å². The first-order valence-electron chi connectivity index (χ1n) is 6.08. The highest BCUT2D eigenvalue weighted by atomic mass is 32.2. The molecule has 0 bridgehead atoms. The maximum absolute atomic E-state index is 2.31. The Morgan fingerprint density at radius 1 is 1.38 bits per heavy atom. The summed E-state index contributed by atoms with van der Waals surface area (Å²) in [4.78, 5) is 1.51. The van der Waals surface area contributed by atoms with E-state index < -0.39 is 0 Å². The molecule has 1 aromatic rings. The first kappa shape index (κ1) is 12.4. The van der Waals surface area contributed by atoms with Crippen LogP contribution in [0.25, 0.3) is 0 Å². The summed E-state index contributed by atoms with van der Waals surface area (Å²) in [5, 5.41) is 0.814. The molecule has 2 rings (SSSR count). The van der Waals surface area contributed by atoms with Crippen LogP contribution >= 0.6 is 23.5 Å². The van der Waals surface area contributed by atoms with Crippen LogP contribution in [0.3, 0.4) is 0 Å². The van der Waals surface area contributed by atoms with Crippen molar-refractivity contribution in [2.75, 3.05) is 11.5 Å². The van der Waals surface area contributed by atoms with Gasteiger partial charge in [-0.25, -0.2) is 0 Å². The molecule has 0 radical (unpaired) electrons. The van der Waals surface area contributed by atoms with Gasteiger partial charge in [0.1, 0.15) is 0 Å². The Morgan fingerprint density at radius 2 is 2.19 bits per heavy atom. The fourth-order valence-electron chi connectivity index (χ4n) is 1.88. The molecule has 0 spiro atoms. The van der Waals surface area contributed by atoms with Gasteiger partial charge in [0.05, 0.1) is 0 Å². The Hall–Kier alpha value is -0.0800. The molecule has 0 aromatic heterocycles. The van der Waals surface area contributed by atoms with Crippen molar-refractivity contribution in [3.8, 4) is 0 Å². The highest BCUT2D eigenvalue weighted by molar-refractivity contribution is 8.03. The molecule has 1 heterocycles. The third-order valence-electron chi connectivity index (χ3n) is 2.86. The highest BCUT2D eigenvalue weighted by Gasteiger charge is 2.21. The summed E-state index contributed by atoms with van der Waals surface area (Å²) in [5.41, 5.74) is 1.56. The van der Waals surface area contributed by atoms with E-state index in [0.29, 0.717) is 0 Å². The lowest BCUT2D eigenvalue weighted by atomic mass is 10.1. The van der Waals surface area contributed by atoms with E-state index in [2.05, 4.69) is 61.6 Å². The average molecular weight is 252 g/mol. The van der Waals surface area contributed by atoms with Crippen LogP contribution < -0.4 is 0 Å². The molecule has 1 aliphatic rings. The average Bonchev–Trinajstić information content (AvgIpc) is 2.66. The van der Waals surface area contributed by atoms with Crippen molar-refractivity contribution < 1.29 is 0 Å². The second-order valence-corrected chi connectivity index (χ2v) is 7.30. The molecule has 0 amide bonds. The SMILES string of the molecule is CC(C)CCSCC1Cc2ccccc2S1. The molecule has 1 atom stereocenters. The van der Waals surface area contributed by atoms with Crippen LogP contribution in [-0.4, -0.2) is 16.8 Å². The largest absolute Gasteiger partial charge is 0.161 e. The molecule has 1 unspecified atom stereocenters. The molecule has 0 saturated heterocycles. The van der Waals surface area contributed by atoms with E-state index in [1.165, 1.54) is 29.2 Å². The van der Waals surface area contributed by atoms with Gasteiger partial charge < -0.3 is 0 Å². The second kappa shape index (κ2) is 6.02. The summed E-state index contributed by atoms with van der Waals surface area (Å²) in [5.74, 6) is 3.48. The lowest BCUT2D eigenvalue weighted by Gasteiger charge is -2.08. The lowest BCUT2D eigenvalue weighted by Crippen LogP contribution is -2.05. The summed E-state index contributed by atoms with van der Waals surface area (Å²) >= 11 is 4.20. The Kier molecular flexibility index (Phi) is 4.66. The summed E-state index contributed by atoms with van der Waals surface area (Å²) < 4.78 is 0. The van der Waals surface area contributed by atoms with Crippen molar-refractivity contribution in [2.45, 2.75) is 36.8 Å². The fraction of sp³-hybridized carbons (Fsp3) is 0.571. The van der Waals surface area contributed by atoms with E-state index >= 15 is 0 Å². The van der Waals surface area contributed by atoms with Gasteiger partial charge in [0, 0.05) is 15.9 Å². The van der Waals surface area contributed by atoms with Gasteiger partial charge in [-0.2, -0.15) is 11.8 Å². The molecule has 1 aliphatic heterocycles. The summed E-state index contributed by atoms with van der Waals surface area (Å²) in [6, 6.07) is 8.85. The zero-order valence-corrected chi connectivity index (χ0v) is 11.7. The minimum atomic E-state index is 0.814. The smallest absolute Gasteiger partial charge is 0.0226 e. The van der Waals surface area contributed by atoms with Crippen molar-refractivity contribution in [1.29, 1.82) is 0 Å². The number of hydrogen-bond acceptors (Lipinski definition) is 2. The molecule has 0 saturated carbocycles. The molecule has 0 nitrogen and oxygen atoms in total. The summed E-state index contributed by atoms with van der Waals surface area (Å²) in [6.45, 7) is 4.61. The van der Waals surface area contributed by atoms with Crippen molar-refractivity contribution in [3.63, 3.8) is 0 Å². The van der Waals surface area contributed by atoms with Gasteiger partial charge in [-0.05, 0) is 36.1 Å². The number of benzene rings is 1. The second-order valence-electron chi connectivity index (χ2n) is 4.81. The minimum absolute atomic E-state index is 0.814. The lowest BCUT2D eigenvalue weighted by molar-refractivity contribution is 0.632. The van der Waals surface area contributed by atoms with Gasteiger partial charge in [0.2, 0.25) is 0 Å². The van der Waals surface area contributed by atoms with Crippen LogP contribution in [-0.2, 0) is 6.42 Å². The molecule has 0 N–H and O–H groups in total. The van der Waals surface area contributed by atoms with Crippen LogP contribution in [0.5, 0.6) is 0 Å². The Labute approximate surface area is 108 Å². The van der Waals surface area contributed by atoms with E-state index in [9.17, 15) is 0 Å². The summed E-state index contributed by atoms with van der Waals surface area (Å²) in [7, 11) is 0. The van der Waals surface area contributed by atoms with Gasteiger partial charge in [0.25, 0.3) is 0 Å². The topological polar surface area (TPSA) is 0 Å². The number of rotatable bonds is 5. The predicted molar refractivity (Wildman–Crippen MR) is 76.6 cm³/mol. The maximum Gasteiger partial charge on any atom is 0.0226 e.